The van der Waals surface area contributed by atoms with Gasteiger partial charge in [0.2, 0.25) is 17.6 Å². The number of likely N-dealkylation sites (tertiary alicyclic amines) is 1. The summed E-state index contributed by atoms with van der Waals surface area (Å²) >= 11 is 0. The first-order valence-electron chi connectivity index (χ1n) is 14.2. The van der Waals surface area contributed by atoms with E-state index in [2.05, 4.69) is 41.3 Å². The number of carboxylic acid groups (broad SMARTS) is 1. The van der Waals surface area contributed by atoms with Crippen molar-refractivity contribution in [1.29, 1.82) is 0 Å². The molecule has 0 aliphatic carbocycles. The molecule has 0 saturated carbocycles. The van der Waals surface area contributed by atoms with Crippen LogP contribution in [0.15, 0.2) is 28.8 Å². The first-order chi connectivity index (χ1) is 18.9. The third-order valence-corrected chi connectivity index (χ3v) is 7.07. The minimum Gasteiger partial charge on any atom is -0.475 e. The molecule has 224 valence electrons. The molecule has 11 heteroatoms. The molecule has 8 nitrogen and oxygen atoms in total. The largest absolute Gasteiger partial charge is 0.490 e. The molecule has 3 rings (SSSR count). The van der Waals surface area contributed by atoms with Crippen molar-refractivity contribution in [3.8, 4) is 11.4 Å². The number of rotatable bonds is 13. The maximum absolute atomic E-state index is 12.5. The number of amides is 1. The van der Waals surface area contributed by atoms with Gasteiger partial charge in [0.05, 0.1) is 12.0 Å². The molecular weight excluding hydrogens is 525 g/mol. The molecule has 1 aromatic heterocycles. The van der Waals surface area contributed by atoms with Crippen LogP contribution in [0.1, 0.15) is 95.9 Å². The molecule has 2 heterocycles. The highest BCUT2D eigenvalue weighted by Crippen LogP contribution is 2.28. The molecule has 1 aliphatic heterocycles. The van der Waals surface area contributed by atoms with E-state index in [-0.39, 0.29) is 17.7 Å². The number of hydrogen-bond acceptors (Lipinski definition) is 6. The Morgan fingerprint density at radius 2 is 1.65 bits per heavy atom. The number of aliphatic carboxylic acids is 1. The summed E-state index contributed by atoms with van der Waals surface area (Å²) < 4.78 is 37.3. The third kappa shape index (κ3) is 10.9. The summed E-state index contributed by atoms with van der Waals surface area (Å²) in [6, 6.07) is 8.07. The summed E-state index contributed by atoms with van der Waals surface area (Å²) in [5.41, 5.74) is 8.37. The number of aromatic nitrogens is 2. The van der Waals surface area contributed by atoms with Gasteiger partial charge in [-0.3, -0.25) is 4.79 Å². The number of benzene rings is 1. The van der Waals surface area contributed by atoms with E-state index in [0.29, 0.717) is 24.8 Å². The zero-order chi connectivity index (χ0) is 29.7. The lowest BCUT2D eigenvalue weighted by Crippen LogP contribution is -2.45. The Balaban J connectivity index is 0.000000708. The van der Waals surface area contributed by atoms with E-state index >= 15 is 0 Å². The van der Waals surface area contributed by atoms with Crippen molar-refractivity contribution < 1.29 is 32.4 Å². The highest BCUT2D eigenvalue weighted by Gasteiger charge is 2.38. The number of nitrogens with two attached hydrogens (primary N) is 1. The van der Waals surface area contributed by atoms with Gasteiger partial charge in [-0.25, -0.2) is 4.79 Å². The lowest BCUT2D eigenvalue weighted by Gasteiger charge is -2.22. The summed E-state index contributed by atoms with van der Waals surface area (Å²) in [6.45, 7) is 7.50. The van der Waals surface area contributed by atoms with Gasteiger partial charge in [0, 0.05) is 18.7 Å². The minimum atomic E-state index is -5.08. The number of hydrogen-bond donors (Lipinski definition) is 2. The van der Waals surface area contributed by atoms with Crippen LogP contribution < -0.4 is 5.73 Å². The van der Waals surface area contributed by atoms with E-state index in [0.717, 1.165) is 18.4 Å². The summed E-state index contributed by atoms with van der Waals surface area (Å²) in [7, 11) is 0. The molecule has 1 aliphatic rings. The predicted octanol–water partition coefficient (Wildman–Crippen LogP) is 6.35. The number of halogens is 3. The Morgan fingerprint density at radius 3 is 2.20 bits per heavy atom. The molecule has 0 bridgehead atoms. The lowest BCUT2D eigenvalue weighted by atomic mass is 10.0. The second-order valence-electron chi connectivity index (χ2n) is 10.7. The Morgan fingerprint density at radius 1 is 1.07 bits per heavy atom. The SMILES string of the molecule is CCCCCCCCCCc1ccc(-c2noc([C@@H]3CCN(C(=O)[C@@H](N)C(C)C)C3)n2)cc1.O=C(O)C(F)(F)F. The highest BCUT2D eigenvalue weighted by atomic mass is 19.4. The molecule has 1 aromatic carbocycles. The minimum absolute atomic E-state index is 0.0133. The molecule has 1 saturated heterocycles. The second-order valence-corrected chi connectivity index (χ2v) is 10.7. The van der Waals surface area contributed by atoms with Gasteiger partial charge in [0.15, 0.2) is 0 Å². The first kappa shape index (κ1) is 33.3. The second kappa shape index (κ2) is 16.3. The molecule has 0 unspecified atom stereocenters. The van der Waals surface area contributed by atoms with Crippen LogP contribution in [0.4, 0.5) is 13.2 Å². The van der Waals surface area contributed by atoms with Crippen LogP contribution in [-0.2, 0) is 16.0 Å². The van der Waals surface area contributed by atoms with Crippen molar-refractivity contribution in [2.75, 3.05) is 13.1 Å². The molecule has 40 heavy (non-hydrogen) atoms. The van der Waals surface area contributed by atoms with Gasteiger partial charge in [-0.2, -0.15) is 18.2 Å². The van der Waals surface area contributed by atoms with Gasteiger partial charge in [0.25, 0.3) is 0 Å². The Bertz CT molecular complexity index is 1040. The first-order valence-corrected chi connectivity index (χ1v) is 14.2. The molecule has 1 fully saturated rings. The van der Waals surface area contributed by atoms with Gasteiger partial charge >= 0.3 is 12.1 Å². The fourth-order valence-electron chi connectivity index (χ4n) is 4.46. The number of alkyl halides is 3. The number of unbranched alkanes of at least 4 members (excludes halogenated alkanes) is 7. The zero-order valence-corrected chi connectivity index (χ0v) is 23.8. The van der Waals surface area contributed by atoms with Crippen LogP contribution in [0.2, 0.25) is 0 Å². The number of carbonyl (C=O) groups is 2. The van der Waals surface area contributed by atoms with Crippen LogP contribution >= 0.6 is 0 Å². The lowest BCUT2D eigenvalue weighted by molar-refractivity contribution is -0.192. The van der Waals surface area contributed by atoms with Gasteiger partial charge < -0.3 is 20.3 Å². The monoisotopic (exact) mass is 568 g/mol. The van der Waals surface area contributed by atoms with Crippen molar-refractivity contribution in [2.24, 2.45) is 11.7 Å². The summed E-state index contributed by atoms with van der Waals surface area (Å²) in [6.07, 6.45) is 7.61. The Hall–Kier alpha value is -2.95. The topological polar surface area (TPSA) is 123 Å². The van der Waals surface area contributed by atoms with Crippen LogP contribution in [0.3, 0.4) is 0 Å². The average Bonchev–Trinajstić information content (AvgIpc) is 3.60. The number of aryl methyl sites for hydroxylation is 1. The van der Waals surface area contributed by atoms with Crippen LogP contribution in [0, 0.1) is 5.92 Å². The van der Waals surface area contributed by atoms with Crippen molar-refractivity contribution in [1.82, 2.24) is 15.0 Å². The van der Waals surface area contributed by atoms with Gasteiger partial charge in [-0.05, 0) is 30.7 Å². The summed E-state index contributed by atoms with van der Waals surface area (Å²) in [5.74, 6) is -1.30. The third-order valence-electron chi connectivity index (χ3n) is 7.07. The van der Waals surface area contributed by atoms with Crippen LogP contribution in [-0.4, -0.2) is 57.3 Å². The average molecular weight is 569 g/mol. The molecule has 2 atom stereocenters. The molecule has 0 radical (unpaired) electrons. The van der Waals surface area contributed by atoms with Gasteiger partial charge in [0.1, 0.15) is 0 Å². The number of nitrogens with zero attached hydrogens (tertiary/aromatic N) is 3. The van der Waals surface area contributed by atoms with E-state index in [9.17, 15) is 18.0 Å². The fraction of sp³-hybridized carbons (Fsp3) is 0.655. The van der Waals surface area contributed by atoms with Crippen LogP contribution in [0.5, 0.6) is 0 Å². The van der Waals surface area contributed by atoms with E-state index in [1.54, 1.807) is 0 Å². The van der Waals surface area contributed by atoms with Crippen LogP contribution in [0.25, 0.3) is 11.4 Å². The Kier molecular flexibility index (Phi) is 13.6. The smallest absolute Gasteiger partial charge is 0.475 e. The number of carboxylic acids is 1. The van der Waals surface area contributed by atoms with E-state index in [1.807, 2.05) is 18.7 Å². The highest BCUT2D eigenvalue weighted by molar-refractivity contribution is 5.82. The van der Waals surface area contributed by atoms with Crippen molar-refractivity contribution >= 4 is 11.9 Å². The number of carbonyl (C=O) groups excluding carboxylic acids is 1. The van der Waals surface area contributed by atoms with E-state index in [4.69, 9.17) is 20.2 Å². The van der Waals surface area contributed by atoms with E-state index in [1.165, 1.54) is 56.9 Å². The Labute approximate surface area is 234 Å². The summed E-state index contributed by atoms with van der Waals surface area (Å²) in [5, 5.41) is 11.3. The standard InChI is InChI=1S/C27H42N4O2.C2HF3O2/c1-4-5-6-7-8-9-10-11-12-21-13-15-22(16-14-21)25-29-26(33-30-25)23-17-18-31(19-23)27(32)24(28)20(2)3;3-2(4,5)1(6)7/h13-16,20,23-24H,4-12,17-19,28H2,1-3H3;(H,6,7)/t23-,24+;/m1./s1. The predicted molar refractivity (Wildman–Crippen MR) is 146 cm³/mol. The maximum Gasteiger partial charge on any atom is 0.490 e. The van der Waals surface area contributed by atoms with Gasteiger partial charge in [-0.15, -0.1) is 0 Å². The normalized spacial score (nSPS) is 16.1. The molecule has 2 aromatic rings. The van der Waals surface area contributed by atoms with Gasteiger partial charge in [-0.1, -0.05) is 95.1 Å². The molecule has 0 spiro atoms. The van der Waals surface area contributed by atoms with E-state index < -0.39 is 18.2 Å². The molecular formula is C29H43F3N4O4. The molecule has 3 N–H and O–H groups in total. The summed E-state index contributed by atoms with van der Waals surface area (Å²) in [4.78, 5) is 27.9. The maximum atomic E-state index is 12.5. The van der Waals surface area contributed by atoms with Crippen molar-refractivity contribution in [3.63, 3.8) is 0 Å². The molecule has 1 amide bonds. The fourth-order valence-corrected chi connectivity index (χ4v) is 4.46. The van der Waals surface area contributed by atoms with Crippen molar-refractivity contribution in [3.05, 3.63) is 35.7 Å². The van der Waals surface area contributed by atoms with Crippen molar-refractivity contribution in [2.45, 2.75) is 103 Å². The quantitative estimate of drug-likeness (QED) is 0.270. The zero-order valence-electron chi connectivity index (χ0n) is 23.8.